The molecule has 2 heterocycles. The van der Waals surface area contributed by atoms with E-state index in [9.17, 15) is 9.90 Å². The van der Waals surface area contributed by atoms with Crippen LogP contribution in [0, 0.1) is 11.3 Å². The average Bonchev–Trinajstić information content (AvgIpc) is 2.77. The van der Waals surface area contributed by atoms with Crippen molar-refractivity contribution in [1.82, 2.24) is 9.88 Å². The molecule has 0 radical (unpaired) electrons. The van der Waals surface area contributed by atoms with Crippen LogP contribution < -0.4 is 11.1 Å². The van der Waals surface area contributed by atoms with Crippen LogP contribution in [0.3, 0.4) is 0 Å². The number of pyridine rings is 1. The second-order valence-corrected chi connectivity index (χ2v) is 8.02. The monoisotopic (exact) mass is 352 g/mol. The molecule has 7 heteroatoms. The molecule has 1 aliphatic heterocycles. The van der Waals surface area contributed by atoms with E-state index in [0.29, 0.717) is 22.8 Å². The Morgan fingerprint density at radius 2 is 2.25 bits per heavy atom. The third-order valence-corrected chi connectivity index (χ3v) is 5.74. The average molecular weight is 353 g/mol. The number of halogens is 1. The van der Waals surface area contributed by atoms with Crippen molar-refractivity contribution in [1.29, 1.82) is 0 Å². The first-order chi connectivity index (χ1) is 11.2. The van der Waals surface area contributed by atoms with Gasteiger partial charge in [0.25, 0.3) is 0 Å². The van der Waals surface area contributed by atoms with Crippen LogP contribution in [0.25, 0.3) is 0 Å². The third kappa shape index (κ3) is 2.87. The van der Waals surface area contributed by atoms with Crippen LogP contribution in [0.5, 0.6) is 0 Å². The number of rotatable bonds is 4. The fourth-order valence-corrected chi connectivity index (χ4v) is 5.07. The highest BCUT2D eigenvalue weighted by Gasteiger charge is 2.58. The summed E-state index contributed by atoms with van der Waals surface area (Å²) < 4.78 is 0. The van der Waals surface area contributed by atoms with E-state index in [4.69, 9.17) is 17.3 Å². The first-order valence-electron chi connectivity index (χ1n) is 8.34. The summed E-state index contributed by atoms with van der Waals surface area (Å²) in [7, 11) is 2.14. The van der Waals surface area contributed by atoms with Crippen molar-refractivity contribution in [2.45, 2.75) is 44.9 Å². The number of nitrogens with two attached hydrogens (primary N) is 1. The number of likely N-dealkylation sites (tertiary alicyclic amines) is 1. The zero-order chi connectivity index (χ0) is 17.6. The van der Waals surface area contributed by atoms with Gasteiger partial charge >= 0.3 is 0 Å². The Morgan fingerprint density at radius 3 is 2.79 bits per heavy atom. The van der Waals surface area contributed by atoms with Crippen molar-refractivity contribution in [3.63, 3.8) is 0 Å². The number of hydrogen-bond acceptors (Lipinski definition) is 5. The number of anilines is 1. The maximum Gasteiger partial charge on any atom is 0.250 e. The van der Waals surface area contributed by atoms with Gasteiger partial charge in [-0.2, -0.15) is 0 Å². The van der Waals surface area contributed by atoms with E-state index < -0.39 is 12.0 Å². The summed E-state index contributed by atoms with van der Waals surface area (Å²) in [5, 5.41) is 14.1. The van der Waals surface area contributed by atoms with Crippen molar-refractivity contribution < 1.29 is 9.90 Å². The van der Waals surface area contributed by atoms with Gasteiger partial charge in [0.15, 0.2) is 0 Å². The van der Waals surface area contributed by atoms with Gasteiger partial charge in [-0.1, -0.05) is 25.4 Å². The maximum absolute atomic E-state index is 11.2. The molecule has 1 saturated carbocycles. The minimum atomic E-state index is -0.562. The lowest BCUT2D eigenvalue weighted by molar-refractivity contribution is -0.0825. The van der Waals surface area contributed by atoms with Gasteiger partial charge in [-0.15, -0.1) is 0 Å². The van der Waals surface area contributed by atoms with Gasteiger partial charge in [0.1, 0.15) is 5.82 Å². The van der Waals surface area contributed by atoms with Crippen LogP contribution in [0.4, 0.5) is 5.82 Å². The molecule has 2 unspecified atom stereocenters. The molecule has 2 aliphatic rings. The van der Waals surface area contributed by atoms with E-state index in [1.54, 1.807) is 0 Å². The summed E-state index contributed by atoms with van der Waals surface area (Å²) >= 11 is 6.20. The van der Waals surface area contributed by atoms with Crippen molar-refractivity contribution >= 4 is 23.3 Å². The fourth-order valence-electron chi connectivity index (χ4n) is 4.85. The molecule has 6 nitrogen and oxygen atoms in total. The zero-order valence-electron chi connectivity index (χ0n) is 14.3. The number of nitrogens with zero attached hydrogens (tertiary/aromatic N) is 2. The molecule has 1 spiro atoms. The number of hydrogen-bond donors (Lipinski definition) is 3. The molecule has 4 atom stereocenters. The molecule has 4 N–H and O–H groups in total. The number of carbonyl (C=O) groups excluding carboxylic acids is 1. The quantitative estimate of drug-likeness (QED) is 0.767. The van der Waals surface area contributed by atoms with Gasteiger partial charge < -0.3 is 21.1 Å². The second-order valence-electron chi connectivity index (χ2n) is 7.61. The van der Waals surface area contributed by atoms with Gasteiger partial charge in [0.05, 0.1) is 22.7 Å². The molecule has 2 fully saturated rings. The Hall–Kier alpha value is -1.37. The summed E-state index contributed by atoms with van der Waals surface area (Å²) in [6.45, 7) is 5.47. The van der Waals surface area contributed by atoms with E-state index in [1.165, 1.54) is 12.3 Å². The number of aromatic nitrogens is 1. The first kappa shape index (κ1) is 17.5. The van der Waals surface area contributed by atoms with E-state index >= 15 is 0 Å². The number of nitrogens with one attached hydrogen (secondary N) is 1. The van der Waals surface area contributed by atoms with Crippen LogP contribution in [0.2, 0.25) is 5.02 Å². The highest BCUT2D eigenvalue weighted by Crippen LogP contribution is 2.52. The summed E-state index contributed by atoms with van der Waals surface area (Å²) in [6.07, 6.45) is 2.64. The summed E-state index contributed by atoms with van der Waals surface area (Å²) in [4.78, 5) is 17.7. The highest BCUT2D eigenvalue weighted by atomic mass is 35.5. The lowest BCUT2D eigenvalue weighted by Crippen LogP contribution is -2.64. The van der Waals surface area contributed by atoms with Crippen LogP contribution >= 0.6 is 11.6 Å². The largest absolute Gasteiger partial charge is 0.391 e. The minimum Gasteiger partial charge on any atom is -0.391 e. The van der Waals surface area contributed by atoms with Gasteiger partial charge in [0.2, 0.25) is 5.91 Å². The van der Waals surface area contributed by atoms with E-state index in [0.717, 1.165) is 19.4 Å². The van der Waals surface area contributed by atoms with Crippen molar-refractivity contribution in [2.75, 3.05) is 18.9 Å². The Labute approximate surface area is 147 Å². The molecule has 3 rings (SSSR count). The number of aliphatic hydroxyl groups excluding tert-OH is 1. The molecule has 0 bridgehead atoms. The smallest absolute Gasteiger partial charge is 0.250 e. The van der Waals surface area contributed by atoms with Crippen molar-refractivity contribution in [2.24, 2.45) is 17.1 Å². The SMILES string of the molecule is CC(C)C1N(C)CC12C[C@@H](O)[C@H](Nc1ncc(C(N)=O)cc1Cl)C2. The molecule has 1 aromatic rings. The van der Waals surface area contributed by atoms with Gasteiger partial charge in [-0.25, -0.2) is 4.98 Å². The molecule has 1 amide bonds. The molecule has 1 aromatic heterocycles. The van der Waals surface area contributed by atoms with Gasteiger partial charge in [0, 0.05) is 24.2 Å². The predicted octanol–water partition coefficient (Wildman–Crippen LogP) is 1.73. The van der Waals surface area contributed by atoms with Crippen molar-refractivity contribution in [3.8, 4) is 0 Å². The summed E-state index contributed by atoms with van der Waals surface area (Å²) in [5.41, 5.74) is 5.66. The van der Waals surface area contributed by atoms with Crippen molar-refractivity contribution in [3.05, 3.63) is 22.8 Å². The lowest BCUT2D eigenvalue weighted by Gasteiger charge is -2.57. The second kappa shape index (κ2) is 6.17. The third-order valence-electron chi connectivity index (χ3n) is 5.45. The summed E-state index contributed by atoms with van der Waals surface area (Å²) in [6, 6.07) is 1.90. The number of amides is 1. The predicted molar refractivity (Wildman–Crippen MR) is 94.1 cm³/mol. The topological polar surface area (TPSA) is 91.5 Å². The number of carbonyl (C=O) groups is 1. The molecule has 1 saturated heterocycles. The first-order valence-corrected chi connectivity index (χ1v) is 8.71. The molecule has 0 aromatic carbocycles. The Morgan fingerprint density at radius 1 is 1.54 bits per heavy atom. The Kier molecular flexibility index (Phi) is 4.49. The highest BCUT2D eigenvalue weighted by molar-refractivity contribution is 6.33. The molecule has 1 aliphatic carbocycles. The van der Waals surface area contributed by atoms with Crippen LogP contribution in [-0.2, 0) is 0 Å². The van der Waals surface area contributed by atoms with E-state index in [-0.39, 0.29) is 17.0 Å². The van der Waals surface area contributed by atoms with Gasteiger partial charge in [-0.05, 0) is 31.9 Å². The van der Waals surface area contributed by atoms with Crippen LogP contribution in [0.15, 0.2) is 12.3 Å². The molecule has 132 valence electrons. The van der Waals surface area contributed by atoms with Crippen LogP contribution in [-0.4, -0.2) is 52.7 Å². The number of primary amides is 1. The Balaban J connectivity index is 1.74. The Bertz CT molecular complexity index is 649. The summed E-state index contributed by atoms with van der Waals surface area (Å²) in [5.74, 6) is 0.468. The van der Waals surface area contributed by atoms with Crippen LogP contribution in [0.1, 0.15) is 37.0 Å². The van der Waals surface area contributed by atoms with E-state index in [2.05, 4.69) is 36.1 Å². The maximum atomic E-state index is 11.2. The minimum absolute atomic E-state index is 0.0932. The molecular weight excluding hydrogens is 328 g/mol. The standard InChI is InChI=1S/C17H25ClN4O2/c1-9(2)14-17(8-22(14)3)5-12(13(23)6-17)21-16-11(18)4-10(7-20-16)15(19)24/h4,7,9,12-14,23H,5-6,8H2,1-3H3,(H2,19,24)(H,20,21)/t12-,13-,14?,17?/m1/s1. The lowest BCUT2D eigenvalue weighted by atomic mass is 9.66. The van der Waals surface area contributed by atoms with E-state index in [1.807, 2.05) is 0 Å². The number of aliphatic hydroxyl groups is 1. The zero-order valence-corrected chi connectivity index (χ0v) is 15.0. The van der Waals surface area contributed by atoms with Gasteiger partial charge in [-0.3, -0.25) is 4.79 Å². The molecule has 24 heavy (non-hydrogen) atoms. The normalized spacial score (nSPS) is 33.0. The fraction of sp³-hybridized carbons (Fsp3) is 0.647. The molecular formula is C17H25ClN4O2.